The highest BCUT2D eigenvalue weighted by atomic mass is 16.4. The molecule has 0 aliphatic rings. The van der Waals surface area contributed by atoms with Gasteiger partial charge in [0.25, 0.3) is 0 Å². The topological polar surface area (TPSA) is 109 Å². The second-order valence-corrected chi connectivity index (χ2v) is 5.91. The van der Waals surface area contributed by atoms with Crippen LogP contribution in [0.1, 0.15) is 52.6 Å². The highest BCUT2D eigenvalue weighted by Crippen LogP contribution is 2.22. The molecule has 0 aliphatic heterocycles. The van der Waals surface area contributed by atoms with Crippen molar-refractivity contribution in [2.45, 2.75) is 0 Å². The van der Waals surface area contributed by atoms with Crippen LogP contribution < -0.4 is 0 Å². The summed E-state index contributed by atoms with van der Waals surface area (Å²) < 4.78 is 0. The zero-order valence-electron chi connectivity index (χ0n) is 14.5. The Labute approximate surface area is 159 Å². The minimum absolute atomic E-state index is 0.00129. The first-order chi connectivity index (χ1) is 13.4. The van der Waals surface area contributed by atoms with Crippen LogP contribution in [0, 0.1) is 0 Å². The maximum absolute atomic E-state index is 13.0. The Hall–Kier alpha value is -4.06. The summed E-state index contributed by atoms with van der Waals surface area (Å²) in [5.74, 6) is -3.78. The molecule has 0 saturated carbocycles. The molecule has 0 saturated heterocycles. The molecule has 0 fully saturated rings. The van der Waals surface area contributed by atoms with Gasteiger partial charge in [0.2, 0.25) is 0 Å². The van der Waals surface area contributed by atoms with Gasteiger partial charge in [0.1, 0.15) is 0 Å². The number of carbonyl (C=O) groups excluding carboxylic acids is 2. The fourth-order valence-electron chi connectivity index (χ4n) is 2.90. The zero-order valence-corrected chi connectivity index (χ0v) is 14.5. The highest BCUT2D eigenvalue weighted by Gasteiger charge is 2.24. The van der Waals surface area contributed by atoms with Crippen molar-refractivity contribution in [1.29, 1.82) is 0 Å². The van der Waals surface area contributed by atoms with E-state index in [9.17, 15) is 29.4 Å². The molecule has 138 valence electrons. The number of carboxylic acids is 2. The van der Waals surface area contributed by atoms with Crippen LogP contribution in [0.3, 0.4) is 0 Å². The number of aromatic carboxylic acids is 2. The number of hydrogen-bond acceptors (Lipinski definition) is 4. The second kappa shape index (κ2) is 7.67. The van der Waals surface area contributed by atoms with Crippen molar-refractivity contribution < 1.29 is 29.4 Å². The Bertz CT molecular complexity index is 1020. The van der Waals surface area contributed by atoms with Gasteiger partial charge < -0.3 is 10.2 Å². The molecule has 3 rings (SSSR count). The van der Waals surface area contributed by atoms with Gasteiger partial charge in [-0.1, -0.05) is 60.7 Å². The summed E-state index contributed by atoms with van der Waals surface area (Å²) in [6.07, 6.45) is 0. The van der Waals surface area contributed by atoms with Gasteiger partial charge in [-0.2, -0.15) is 0 Å². The van der Waals surface area contributed by atoms with E-state index in [1.807, 2.05) is 0 Å². The first-order valence-corrected chi connectivity index (χ1v) is 8.25. The van der Waals surface area contributed by atoms with Crippen LogP contribution in [-0.4, -0.2) is 33.7 Å². The van der Waals surface area contributed by atoms with E-state index in [-0.39, 0.29) is 33.4 Å². The maximum atomic E-state index is 13.0. The third-order valence-electron chi connectivity index (χ3n) is 4.22. The summed E-state index contributed by atoms with van der Waals surface area (Å²) in [5, 5.41) is 18.7. The van der Waals surface area contributed by atoms with E-state index in [1.54, 1.807) is 12.1 Å². The van der Waals surface area contributed by atoms with Gasteiger partial charge >= 0.3 is 11.9 Å². The van der Waals surface area contributed by atoms with E-state index in [2.05, 4.69) is 0 Å². The normalized spacial score (nSPS) is 10.3. The van der Waals surface area contributed by atoms with Gasteiger partial charge in [0.15, 0.2) is 11.6 Å². The van der Waals surface area contributed by atoms with Crippen molar-refractivity contribution in [3.8, 4) is 0 Å². The molecule has 2 N–H and O–H groups in total. The molecule has 0 atom stereocenters. The fraction of sp³-hybridized carbons (Fsp3) is 0. The van der Waals surface area contributed by atoms with Crippen LogP contribution in [0.25, 0.3) is 0 Å². The quantitative estimate of drug-likeness (QED) is 0.639. The third kappa shape index (κ3) is 3.43. The minimum atomic E-state index is -1.26. The fourth-order valence-corrected chi connectivity index (χ4v) is 2.90. The minimum Gasteiger partial charge on any atom is -0.478 e. The Balaban J connectivity index is 2.13. The van der Waals surface area contributed by atoms with E-state index < -0.39 is 23.5 Å². The van der Waals surface area contributed by atoms with Crippen LogP contribution in [-0.2, 0) is 0 Å². The standard InChI is InChI=1S/C22H14O6/c23-19(15-9-3-5-11-17(15)21(25)26)13-7-1-2-8-14(13)20(24)16-10-4-6-12-18(16)22(27)28/h1-12H,(H,25,26)(H,27,28). The molecule has 0 unspecified atom stereocenters. The number of carbonyl (C=O) groups is 4. The molecule has 6 heteroatoms. The molecule has 28 heavy (non-hydrogen) atoms. The first kappa shape index (κ1) is 18.7. The van der Waals surface area contributed by atoms with Crippen LogP contribution in [0.4, 0.5) is 0 Å². The van der Waals surface area contributed by atoms with Gasteiger partial charge in [0.05, 0.1) is 11.1 Å². The molecule has 0 bridgehead atoms. The summed E-state index contributed by atoms with van der Waals surface area (Å²) in [6, 6.07) is 17.4. The van der Waals surface area contributed by atoms with Crippen molar-refractivity contribution in [3.05, 3.63) is 106 Å². The Morgan fingerprint density at radius 2 is 0.643 bits per heavy atom. The molecule has 6 nitrogen and oxygen atoms in total. The number of ketones is 2. The predicted molar refractivity (Wildman–Crippen MR) is 100 cm³/mol. The average Bonchev–Trinajstić information content (AvgIpc) is 2.72. The van der Waals surface area contributed by atoms with Crippen molar-refractivity contribution in [3.63, 3.8) is 0 Å². The van der Waals surface area contributed by atoms with Crippen molar-refractivity contribution in [2.24, 2.45) is 0 Å². The summed E-state index contributed by atoms with van der Waals surface area (Å²) in [5.41, 5.74) is -0.465. The third-order valence-corrected chi connectivity index (χ3v) is 4.22. The largest absolute Gasteiger partial charge is 0.478 e. The van der Waals surface area contributed by atoms with Gasteiger partial charge in [-0.25, -0.2) is 9.59 Å². The van der Waals surface area contributed by atoms with Crippen LogP contribution >= 0.6 is 0 Å². The van der Waals surface area contributed by atoms with Crippen molar-refractivity contribution in [2.75, 3.05) is 0 Å². The Kier molecular flexibility index (Phi) is 5.13. The summed E-state index contributed by atoms with van der Waals surface area (Å²) in [7, 11) is 0. The van der Waals surface area contributed by atoms with Crippen LogP contribution in [0.5, 0.6) is 0 Å². The highest BCUT2D eigenvalue weighted by molar-refractivity contribution is 6.23. The second-order valence-electron chi connectivity index (χ2n) is 5.91. The van der Waals surface area contributed by atoms with Gasteiger partial charge in [-0.05, 0) is 12.1 Å². The summed E-state index contributed by atoms with van der Waals surface area (Å²) in [6.45, 7) is 0. The maximum Gasteiger partial charge on any atom is 0.336 e. The molecule has 3 aromatic rings. The predicted octanol–water partition coefficient (Wildman–Crippen LogP) is 3.55. The molecular weight excluding hydrogens is 360 g/mol. The molecular formula is C22H14O6. The van der Waals surface area contributed by atoms with E-state index >= 15 is 0 Å². The smallest absolute Gasteiger partial charge is 0.336 e. The molecule has 0 amide bonds. The van der Waals surface area contributed by atoms with E-state index in [0.29, 0.717) is 0 Å². The number of carboxylic acid groups (broad SMARTS) is 2. The number of hydrogen-bond donors (Lipinski definition) is 2. The average molecular weight is 374 g/mol. The van der Waals surface area contributed by atoms with E-state index in [1.165, 1.54) is 60.7 Å². The van der Waals surface area contributed by atoms with Gasteiger partial charge in [-0.15, -0.1) is 0 Å². The lowest BCUT2D eigenvalue weighted by atomic mass is 9.90. The van der Waals surface area contributed by atoms with Gasteiger partial charge in [-0.3, -0.25) is 9.59 Å². The van der Waals surface area contributed by atoms with E-state index in [4.69, 9.17) is 0 Å². The first-order valence-electron chi connectivity index (χ1n) is 8.25. The summed E-state index contributed by atoms with van der Waals surface area (Å²) >= 11 is 0. The lowest BCUT2D eigenvalue weighted by molar-refractivity contribution is 0.0683. The van der Waals surface area contributed by atoms with E-state index in [0.717, 1.165) is 0 Å². The molecule has 0 aliphatic carbocycles. The van der Waals surface area contributed by atoms with Crippen molar-refractivity contribution in [1.82, 2.24) is 0 Å². The van der Waals surface area contributed by atoms with Crippen LogP contribution in [0.15, 0.2) is 72.8 Å². The molecule has 3 aromatic carbocycles. The van der Waals surface area contributed by atoms with Crippen LogP contribution in [0.2, 0.25) is 0 Å². The number of benzene rings is 3. The zero-order chi connectivity index (χ0) is 20.3. The van der Waals surface area contributed by atoms with Crippen molar-refractivity contribution >= 4 is 23.5 Å². The Morgan fingerprint density at radius 1 is 0.429 bits per heavy atom. The molecule has 0 spiro atoms. The lowest BCUT2D eigenvalue weighted by Crippen LogP contribution is -2.16. The SMILES string of the molecule is O=C(O)c1ccccc1C(=O)c1ccccc1C(=O)c1ccccc1C(=O)O. The molecule has 0 radical (unpaired) electrons. The molecule has 0 heterocycles. The lowest BCUT2D eigenvalue weighted by Gasteiger charge is -2.11. The monoisotopic (exact) mass is 374 g/mol. The molecule has 0 aromatic heterocycles. The summed E-state index contributed by atoms with van der Waals surface area (Å²) in [4.78, 5) is 48.9. The number of rotatable bonds is 6. The van der Waals surface area contributed by atoms with Gasteiger partial charge in [0, 0.05) is 22.3 Å². The Morgan fingerprint density at radius 3 is 0.893 bits per heavy atom.